The second-order valence-electron chi connectivity index (χ2n) is 3.11. The number of carbonyl (C=O) groups is 2. The van der Waals surface area contributed by atoms with E-state index >= 15 is 0 Å². The Hall–Kier alpha value is -0.440. The third-order valence-electron chi connectivity index (χ3n) is 1.89. The van der Waals surface area contributed by atoms with Gasteiger partial charge < -0.3 is 15.5 Å². The molecule has 0 aliphatic heterocycles. The molecule has 0 spiro atoms. The van der Waals surface area contributed by atoms with Crippen molar-refractivity contribution in [2.24, 2.45) is 0 Å². The van der Waals surface area contributed by atoms with Crippen LogP contribution in [0.25, 0.3) is 0 Å². The van der Waals surface area contributed by atoms with E-state index in [1.807, 2.05) is 0 Å². The summed E-state index contributed by atoms with van der Waals surface area (Å²) in [6.45, 7) is -0.297. The van der Waals surface area contributed by atoms with E-state index in [0.717, 1.165) is 8.26 Å². The second kappa shape index (κ2) is 6.48. The fourth-order valence-electron chi connectivity index (χ4n) is 1.07. The molecule has 1 aromatic heterocycles. The molecule has 0 saturated heterocycles. The predicted octanol–water partition coefficient (Wildman–Crippen LogP) is 1.84. The van der Waals surface area contributed by atoms with Crippen LogP contribution in [0.5, 0.6) is 0 Å². The van der Waals surface area contributed by atoms with E-state index in [4.69, 9.17) is 10.2 Å². The van der Waals surface area contributed by atoms with Crippen LogP contribution in [-0.2, 0) is 4.79 Å². The number of aliphatic carboxylic acids is 1. The number of carboxylic acid groups (broad SMARTS) is 1. The zero-order chi connectivity index (χ0) is 13.0. The van der Waals surface area contributed by atoms with Crippen LogP contribution >= 0.6 is 43.2 Å². The fraction of sp³-hybridized carbons (Fsp3) is 0.333. The van der Waals surface area contributed by atoms with E-state index in [9.17, 15) is 9.59 Å². The van der Waals surface area contributed by atoms with Crippen molar-refractivity contribution in [1.82, 2.24) is 5.32 Å². The van der Waals surface area contributed by atoms with Gasteiger partial charge in [0.25, 0.3) is 5.91 Å². The van der Waals surface area contributed by atoms with Crippen molar-refractivity contribution in [3.05, 3.63) is 19.2 Å². The van der Waals surface area contributed by atoms with Crippen molar-refractivity contribution < 1.29 is 19.8 Å². The van der Waals surface area contributed by atoms with Crippen LogP contribution < -0.4 is 5.32 Å². The molecule has 0 bridgehead atoms. The molecule has 1 atom stereocenters. The topological polar surface area (TPSA) is 86.6 Å². The molecule has 94 valence electrons. The van der Waals surface area contributed by atoms with Crippen LogP contribution in [-0.4, -0.2) is 34.7 Å². The number of amides is 1. The summed E-state index contributed by atoms with van der Waals surface area (Å²) in [5.74, 6) is -1.63. The highest BCUT2D eigenvalue weighted by Gasteiger charge is 2.21. The van der Waals surface area contributed by atoms with Gasteiger partial charge in [0.15, 0.2) is 0 Å². The van der Waals surface area contributed by atoms with Gasteiger partial charge >= 0.3 is 5.97 Å². The maximum Gasteiger partial charge on any atom is 0.326 e. The van der Waals surface area contributed by atoms with Crippen molar-refractivity contribution in [1.29, 1.82) is 0 Å². The van der Waals surface area contributed by atoms with E-state index in [0.29, 0.717) is 4.88 Å². The molecule has 0 aromatic carbocycles. The summed E-state index contributed by atoms with van der Waals surface area (Å²) in [5, 5.41) is 19.9. The molecule has 0 radical (unpaired) electrons. The molecule has 1 rings (SSSR count). The lowest BCUT2D eigenvalue weighted by atomic mass is 10.2. The van der Waals surface area contributed by atoms with Gasteiger partial charge in [-0.1, -0.05) is 0 Å². The highest BCUT2D eigenvalue weighted by atomic mass is 79.9. The molecule has 1 amide bonds. The molecule has 8 heteroatoms. The molecule has 1 aromatic rings. The van der Waals surface area contributed by atoms with Crippen LogP contribution in [0.4, 0.5) is 0 Å². The maximum atomic E-state index is 11.7. The van der Waals surface area contributed by atoms with Crippen molar-refractivity contribution >= 4 is 55.1 Å². The monoisotopic (exact) mass is 385 g/mol. The fourth-order valence-corrected chi connectivity index (χ4v) is 3.01. The van der Waals surface area contributed by atoms with Gasteiger partial charge in [-0.2, -0.15) is 0 Å². The van der Waals surface area contributed by atoms with Gasteiger partial charge in [0, 0.05) is 17.5 Å². The number of thiophene rings is 1. The average Bonchev–Trinajstić information content (AvgIpc) is 2.58. The zero-order valence-corrected chi connectivity index (χ0v) is 12.4. The van der Waals surface area contributed by atoms with E-state index in [1.54, 1.807) is 6.07 Å². The van der Waals surface area contributed by atoms with Crippen LogP contribution in [0.3, 0.4) is 0 Å². The molecule has 1 heterocycles. The van der Waals surface area contributed by atoms with Gasteiger partial charge in [-0.15, -0.1) is 11.3 Å². The van der Waals surface area contributed by atoms with Crippen LogP contribution in [0.2, 0.25) is 0 Å². The summed E-state index contributed by atoms with van der Waals surface area (Å²) in [7, 11) is 0. The number of hydrogen-bond donors (Lipinski definition) is 3. The Morgan fingerprint density at radius 1 is 1.47 bits per heavy atom. The van der Waals surface area contributed by atoms with Gasteiger partial charge in [0.05, 0.1) is 8.66 Å². The smallest absolute Gasteiger partial charge is 0.326 e. The van der Waals surface area contributed by atoms with E-state index < -0.39 is 17.9 Å². The summed E-state index contributed by atoms with van der Waals surface area (Å²) >= 11 is 7.68. The Kier molecular flexibility index (Phi) is 5.57. The Morgan fingerprint density at radius 3 is 2.53 bits per heavy atom. The lowest BCUT2D eigenvalue weighted by Crippen LogP contribution is -2.41. The average molecular weight is 387 g/mol. The van der Waals surface area contributed by atoms with E-state index in [-0.39, 0.29) is 13.0 Å². The number of hydrogen-bond acceptors (Lipinski definition) is 4. The summed E-state index contributed by atoms with van der Waals surface area (Å²) in [6, 6.07) is 0.522. The van der Waals surface area contributed by atoms with Gasteiger partial charge in [-0.3, -0.25) is 4.79 Å². The number of carbonyl (C=O) groups excluding carboxylic acids is 1. The van der Waals surface area contributed by atoms with Gasteiger partial charge in [-0.05, 0) is 37.9 Å². The van der Waals surface area contributed by atoms with Gasteiger partial charge in [0.1, 0.15) is 6.04 Å². The first-order valence-corrected chi connectivity index (χ1v) is 6.95. The third kappa shape index (κ3) is 4.06. The van der Waals surface area contributed by atoms with Gasteiger partial charge in [-0.25, -0.2) is 4.79 Å². The quantitative estimate of drug-likeness (QED) is 0.720. The third-order valence-corrected chi connectivity index (χ3v) is 5.15. The first-order valence-electron chi connectivity index (χ1n) is 4.55. The first kappa shape index (κ1) is 14.6. The Labute approximate surface area is 118 Å². The number of aliphatic hydroxyl groups excluding tert-OH is 1. The molecular formula is C9H9Br2NO4S. The highest BCUT2D eigenvalue weighted by molar-refractivity contribution is 9.13. The van der Waals surface area contributed by atoms with Crippen LogP contribution in [0, 0.1) is 0 Å². The minimum absolute atomic E-state index is 0.0191. The number of aliphatic hydroxyl groups is 1. The SMILES string of the molecule is O=C(NC(CCO)C(=O)O)c1cc(Br)c(Br)s1. The number of rotatable bonds is 5. The Bertz CT molecular complexity index is 415. The van der Waals surface area contributed by atoms with Crippen LogP contribution in [0.15, 0.2) is 14.3 Å². The summed E-state index contributed by atoms with van der Waals surface area (Å²) < 4.78 is 1.50. The Balaban J connectivity index is 2.73. The number of nitrogens with one attached hydrogen (secondary N) is 1. The summed E-state index contributed by atoms with van der Waals surface area (Å²) in [5.41, 5.74) is 0. The van der Waals surface area contributed by atoms with Crippen molar-refractivity contribution in [3.63, 3.8) is 0 Å². The summed E-state index contributed by atoms with van der Waals surface area (Å²) in [6.07, 6.45) is -0.0191. The van der Waals surface area contributed by atoms with E-state index in [1.165, 1.54) is 11.3 Å². The normalized spacial score (nSPS) is 12.2. The molecule has 0 saturated carbocycles. The maximum absolute atomic E-state index is 11.7. The molecule has 0 fully saturated rings. The molecule has 5 nitrogen and oxygen atoms in total. The number of carboxylic acids is 1. The zero-order valence-electron chi connectivity index (χ0n) is 8.44. The Morgan fingerprint density at radius 2 is 2.12 bits per heavy atom. The minimum Gasteiger partial charge on any atom is -0.480 e. The molecule has 17 heavy (non-hydrogen) atoms. The minimum atomic E-state index is -1.16. The van der Waals surface area contributed by atoms with E-state index in [2.05, 4.69) is 37.2 Å². The molecule has 0 aliphatic carbocycles. The summed E-state index contributed by atoms with van der Waals surface area (Å²) in [4.78, 5) is 22.9. The largest absolute Gasteiger partial charge is 0.480 e. The van der Waals surface area contributed by atoms with Gasteiger partial charge in [0.2, 0.25) is 0 Å². The molecule has 3 N–H and O–H groups in total. The lowest BCUT2D eigenvalue weighted by Gasteiger charge is -2.11. The highest BCUT2D eigenvalue weighted by Crippen LogP contribution is 2.32. The van der Waals surface area contributed by atoms with Crippen molar-refractivity contribution in [2.45, 2.75) is 12.5 Å². The standard InChI is InChI=1S/C9H9Br2NO4S/c10-4-3-6(17-7(4)11)8(14)12-5(1-2-13)9(15)16/h3,5,13H,1-2H2,(H,12,14)(H,15,16). The van der Waals surface area contributed by atoms with Crippen molar-refractivity contribution in [3.8, 4) is 0 Å². The van der Waals surface area contributed by atoms with Crippen LogP contribution in [0.1, 0.15) is 16.1 Å². The molecule has 1 unspecified atom stereocenters. The second-order valence-corrected chi connectivity index (χ2v) is 6.33. The molecular weight excluding hydrogens is 378 g/mol. The first-order chi connectivity index (χ1) is 7.95. The van der Waals surface area contributed by atoms with Crippen molar-refractivity contribution in [2.75, 3.05) is 6.61 Å². The lowest BCUT2D eigenvalue weighted by molar-refractivity contribution is -0.139. The predicted molar refractivity (Wildman–Crippen MR) is 70.3 cm³/mol. The number of halogens is 2. The molecule has 0 aliphatic rings.